The fraction of sp³-hybridized carbons (Fsp3) is 0.190. The van der Waals surface area contributed by atoms with E-state index in [1.807, 2.05) is 6.92 Å². The standard InChI is InChI=1S/C21H18FNO5/c1-12-6-8-13(9-7-12)19(26)17-18(14-4-2-3-5-15(14)22)23(11-10-16(24)25)21(28)20(17)27/h2-9,18,26H,10-11H2,1H3,(H,24,25)/t18-/m0/s1. The van der Waals surface area contributed by atoms with Crippen molar-refractivity contribution in [2.24, 2.45) is 0 Å². The molecule has 6 nitrogen and oxygen atoms in total. The van der Waals surface area contributed by atoms with E-state index in [2.05, 4.69) is 0 Å². The molecule has 2 aromatic carbocycles. The average molecular weight is 383 g/mol. The second-order valence-electron chi connectivity index (χ2n) is 6.52. The monoisotopic (exact) mass is 383 g/mol. The molecule has 0 bridgehead atoms. The molecule has 3 rings (SSSR count). The molecule has 1 fully saturated rings. The third-order valence-electron chi connectivity index (χ3n) is 4.63. The number of aliphatic hydroxyl groups excluding tert-OH is 1. The van der Waals surface area contributed by atoms with E-state index in [9.17, 15) is 23.9 Å². The van der Waals surface area contributed by atoms with Gasteiger partial charge >= 0.3 is 5.97 Å². The highest BCUT2D eigenvalue weighted by Crippen LogP contribution is 2.40. The third-order valence-corrected chi connectivity index (χ3v) is 4.63. The van der Waals surface area contributed by atoms with Crippen LogP contribution < -0.4 is 0 Å². The number of carbonyl (C=O) groups excluding carboxylic acids is 2. The fourth-order valence-electron chi connectivity index (χ4n) is 3.21. The largest absolute Gasteiger partial charge is 0.507 e. The maximum atomic E-state index is 14.5. The van der Waals surface area contributed by atoms with Gasteiger partial charge in [-0.1, -0.05) is 48.0 Å². The smallest absolute Gasteiger partial charge is 0.305 e. The van der Waals surface area contributed by atoms with E-state index in [1.54, 1.807) is 30.3 Å². The van der Waals surface area contributed by atoms with Crippen LogP contribution in [0, 0.1) is 12.7 Å². The van der Waals surface area contributed by atoms with Gasteiger partial charge in [-0.05, 0) is 13.0 Å². The maximum Gasteiger partial charge on any atom is 0.305 e. The number of carboxylic acids is 1. The first-order valence-electron chi connectivity index (χ1n) is 8.63. The molecule has 0 aromatic heterocycles. The Labute approximate surface area is 160 Å². The summed E-state index contributed by atoms with van der Waals surface area (Å²) in [4.78, 5) is 37.1. The number of hydrogen-bond acceptors (Lipinski definition) is 4. The Balaban J connectivity index is 2.18. The molecule has 1 atom stereocenters. The predicted molar refractivity (Wildman–Crippen MR) is 98.8 cm³/mol. The first-order valence-corrected chi connectivity index (χ1v) is 8.63. The van der Waals surface area contributed by atoms with Crippen LogP contribution in [0.1, 0.15) is 29.2 Å². The van der Waals surface area contributed by atoms with E-state index < -0.39 is 41.7 Å². The maximum absolute atomic E-state index is 14.5. The van der Waals surface area contributed by atoms with Gasteiger partial charge in [0.15, 0.2) is 0 Å². The normalized spacial score (nSPS) is 18.5. The molecule has 28 heavy (non-hydrogen) atoms. The summed E-state index contributed by atoms with van der Waals surface area (Å²) in [5.41, 5.74) is 0.998. The molecule has 1 saturated heterocycles. The predicted octanol–water partition coefficient (Wildman–Crippen LogP) is 3.03. The molecule has 1 aliphatic heterocycles. The molecule has 1 amide bonds. The number of aliphatic hydroxyl groups is 1. The number of hydrogen-bond donors (Lipinski definition) is 2. The van der Waals surface area contributed by atoms with Crippen LogP contribution in [0.25, 0.3) is 5.76 Å². The molecule has 0 radical (unpaired) electrons. The van der Waals surface area contributed by atoms with Crippen LogP contribution in [0.3, 0.4) is 0 Å². The van der Waals surface area contributed by atoms with E-state index in [-0.39, 0.29) is 17.7 Å². The molecular weight excluding hydrogens is 365 g/mol. The summed E-state index contributed by atoms with van der Waals surface area (Å²) in [5.74, 6) is -4.19. The van der Waals surface area contributed by atoms with Gasteiger partial charge in [0.2, 0.25) is 0 Å². The van der Waals surface area contributed by atoms with Gasteiger partial charge in [-0.2, -0.15) is 0 Å². The van der Waals surface area contributed by atoms with Crippen molar-refractivity contribution in [1.82, 2.24) is 4.90 Å². The van der Waals surface area contributed by atoms with Crippen LogP contribution >= 0.6 is 0 Å². The van der Waals surface area contributed by atoms with Gasteiger partial charge in [0, 0.05) is 17.7 Å². The van der Waals surface area contributed by atoms with E-state index in [0.29, 0.717) is 5.56 Å². The summed E-state index contributed by atoms with van der Waals surface area (Å²) < 4.78 is 14.5. The van der Waals surface area contributed by atoms with Crippen molar-refractivity contribution < 1.29 is 29.0 Å². The summed E-state index contributed by atoms with van der Waals surface area (Å²) in [6, 6.07) is 11.0. The molecular formula is C21H18FNO5. The molecule has 2 N–H and O–H groups in total. The molecule has 0 saturated carbocycles. The molecule has 0 aliphatic carbocycles. The molecule has 144 valence electrons. The number of carbonyl (C=O) groups is 3. The van der Waals surface area contributed by atoms with E-state index in [0.717, 1.165) is 10.5 Å². The van der Waals surface area contributed by atoms with Crippen LogP contribution in [-0.2, 0) is 14.4 Å². The number of amides is 1. The molecule has 0 unspecified atom stereocenters. The van der Waals surface area contributed by atoms with Crippen LogP contribution in [0.15, 0.2) is 54.1 Å². The van der Waals surface area contributed by atoms with Crippen molar-refractivity contribution in [1.29, 1.82) is 0 Å². The lowest BCUT2D eigenvalue weighted by atomic mass is 9.94. The van der Waals surface area contributed by atoms with Crippen LogP contribution in [0.4, 0.5) is 4.39 Å². The Kier molecular flexibility index (Phi) is 5.26. The SMILES string of the molecule is Cc1ccc(C(O)=C2C(=O)C(=O)N(CCC(=O)O)[C@H]2c2ccccc2F)cc1. The highest BCUT2D eigenvalue weighted by atomic mass is 19.1. The summed E-state index contributed by atoms with van der Waals surface area (Å²) in [6.45, 7) is 1.57. The van der Waals surface area contributed by atoms with Crippen molar-refractivity contribution in [3.8, 4) is 0 Å². The molecule has 7 heteroatoms. The Morgan fingerprint density at radius 1 is 1.07 bits per heavy atom. The average Bonchev–Trinajstić information content (AvgIpc) is 2.91. The summed E-state index contributed by atoms with van der Waals surface area (Å²) in [6.07, 6.45) is -0.414. The second kappa shape index (κ2) is 7.64. The number of ketones is 1. The number of likely N-dealkylation sites (tertiary alicyclic amines) is 1. The zero-order valence-corrected chi connectivity index (χ0v) is 15.1. The van der Waals surface area contributed by atoms with Crippen LogP contribution in [0.2, 0.25) is 0 Å². The van der Waals surface area contributed by atoms with Gasteiger partial charge in [0.05, 0.1) is 18.0 Å². The number of aliphatic carboxylic acids is 1. The van der Waals surface area contributed by atoms with E-state index in [4.69, 9.17) is 5.11 Å². The highest BCUT2D eigenvalue weighted by Gasteiger charge is 2.46. The number of halogens is 1. The minimum absolute atomic E-state index is 0.0146. The van der Waals surface area contributed by atoms with Crippen LogP contribution in [0.5, 0.6) is 0 Å². The van der Waals surface area contributed by atoms with Crippen molar-refractivity contribution in [3.63, 3.8) is 0 Å². The fourth-order valence-corrected chi connectivity index (χ4v) is 3.21. The number of nitrogens with zero attached hydrogens (tertiary/aromatic N) is 1. The topological polar surface area (TPSA) is 94.9 Å². The lowest BCUT2D eigenvalue weighted by molar-refractivity contribution is -0.142. The second-order valence-corrected chi connectivity index (χ2v) is 6.52. The van der Waals surface area contributed by atoms with E-state index in [1.165, 1.54) is 18.2 Å². The van der Waals surface area contributed by atoms with Crippen molar-refractivity contribution >= 4 is 23.4 Å². The molecule has 1 heterocycles. The van der Waals surface area contributed by atoms with E-state index >= 15 is 0 Å². The minimum atomic E-state index is -1.21. The summed E-state index contributed by atoms with van der Waals surface area (Å²) >= 11 is 0. The van der Waals surface area contributed by atoms with Crippen molar-refractivity contribution in [3.05, 3.63) is 76.6 Å². The van der Waals surface area contributed by atoms with Gasteiger partial charge in [-0.3, -0.25) is 14.4 Å². The first-order chi connectivity index (χ1) is 13.3. The lowest BCUT2D eigenvalue weighted by Crippen LogP contribution is -2.32. The molecule has 1 aliphatic rings. The lowest BCUT2D eigenvalue weighted by Gasteiger charge is -2.25. The first kappa shape index (κ1) is 19.3. The number of benzene rings is 2. The van der Waals surface area contributed by atoms with Gasteiger partial charge in [0.1, 0.15) is 11.6 Å². The van der Waals surface area contributed by atoms with Gasteiger partial charge in [0.25, 0.3) is 11.7 Å². The van der Waals surface area contributed by atoms with Crippen molar-refractivity contribution in [2.75, 3.05) is 6.54 Å². The number of carboxylic acid groups (broad SMARTS) is 1. The van der Waals surface area contributed by atoms with Gasteiger partial charge < -0.3 is 15.1 Å². The molecule has 2 aromatic rings. The Bertz CT molecular complexity index is 981. The highest BCUT2D eigenvalue weighted by molar-refractivity contribution is 6.46. The Morgan fingerprint density at radius 2 is 1.71 bits per heavy atom. The third kappa shape index (κ3) is 3.51. The van der Waals surface area contributed by atoms with Crippen LogP contribution in [-0.4, -0.2) is 39.3 Å². The minimum Gasteiger partial charge on any atom is -0.507 e. The quantitative estimate of drug-likeness (QED) is 0.470. The zero-order valence-electron chi connectivity index (χ0n) is 15.1. The summed E-state index contributed by atoms with van der Waals surface area (Å²) in [7, 11) is 0. The van der Waals surface area contributed by atoms with Gasteiger partial charge in [-0.15, -0.1) is 0 Å². The zero-order chi connectivity index (χ0) is 20.4. The molecule has 0 spiro atoms. The number of aryl methyl sites for hydroxylation is 1. The Hall–Kier alpha value is -3.48. The number of Topliss-reactive ketones (excluding diaryl/α,β-unsaturated/α-hetero) is 1. The van der Waals surface area contributed by atoms with Gasteiger partial charge in [-0.25, -0.2) is 4.39 Å². The summed E-state index contributed by atoms with van der Waals surface area (Å²) in [5, 5.41) is 19.7. The Morgan fingerprint density at radius 3 is 2.32 bits per heavy atom. The van der Waals surface area contributed by atoms with Crippen molar-refractivity contribution in [2.45, 2.75) is 19.4 Å². The number of rotatable bonds is 5.